The maximum Gasteiger partial charge on any atom is 0.264 e. The molecule has 0 atom stereocenters. The number of nitrogens with zero attached hydrogens (tertiary/aromatic N) is 1. The second kappa shape index (κ2) is 6.98. The van der Waals surface area contributed by atoms with Gasteiger partial charge in [0.2, 0.25) is 6.79 Å². The van der Waals surface area contributed by atoms with E-state index in [1.165, 1.54) is 4.31 Å². The van der Waals surface area contributed by atoms with Gasteiger partial charge in [0.05, 0.1) is 10.6 Å². The fraction of sp³-hybridized carbons (Fsp3) is 0.333. The number of benzene rings is 2. The van der Waals surface area contributed by atoms with E-state index in [4.69, 9.17) is 15.2 Å². The van der Waals surface area contributed by atoms with Crippen molar-refractivity contribution in [1.82, 2.24) is 0 Å². The van der Waals surface area contributed by atoms with E-state index in [9.17, 15) is 8.42 Å². The average molecular weight is 397 g/mol. The molecule has 26 heavy (non-hydrogen) atoms. The zero-order valence-corrected chi connectivity index (χ0v) is 16.0. The van der Waals surface area contributed by atoms with Crippen molar-refractivity contribution < 1.29 is 17.9 Å². The summed E-state index contributed by atoms with van der Waals surface area (Å²) in [6, 6.07) is 9.03. The van der Waals surface area contributed by atoms with Crippen LogP contribution in [0, 0.1) is 6.92 Å². The van der Waals surface area contributed by atoms with Gasteiger partial charge in [0.25, 0.3) is 10.0 Å². The number of aryl methyl sites for hydroxylation is 2. The summed E-state index contributed by atoms with van der Waals surface area (Å²) in [5, 5.41) is 0. The van der Waals surface area contributed by atoms with Gasteiger partial charge >= 0.3 is 0 Å². The van der Waals surface area contributed by atoms with E-state index in [1.807, 2.05) is 18.2 Å². The molecule has 0 spiro atoms. The molecule has 0 aromatic heterocycles. The molecular formula is C18H21ClN2O4S. The van der Waals surface area contributed by atoms with Crippen molar-refractivity contribution in [3.63, 3.8) is 0 Å². The smallest absolute Gasteiger partial charge is 0.264 e. The Morgan fingerprint density at radius 2 is 1.88 bits per heavy atom. The van der Waals surface area contributed by atoms with Crippen LogP contribution in [0.4, 0.5) is 5.69 Å². The van der Waals surface area contributed by atoms with Crippen LogP contribution >= 0.6 is 12.4 Å². The third-order valence-electron chi connectivity index (χ3n) is 4.69. The van der Waals surface area contributed by atoms with Crippen LogP contribution in [-0.2, 0) is 23.0 Å². The molecule has 2 aromatic rings. The zero-order valence-electron chi connectivity index (χ0n) is 14.4. The Balaban J connectivity index is 0.00000196. The molecule has 8 heteroatoms. The first-order valence-electron chi connectivity index (χ1n) is 8.25. The number of halogens is 1. The molecule has 6 nitrogen and oxygen atoms in total. The number of hydrogen-bond donors (Lipinski definition) is 1. The van der Waals surface area contributed by atoms with Crippen LogP contribution in [0.5, 0.6) is 11.5 Å². The van der Waals surface area contributed by atoms with Crippen LogP contribution < -0.4 is 19.5 Å². The van der Waals surface area contributed by atoms with E-state index in [1.54, 1.807) is 19.1 Å². The first-order valence-corrected chi connectivity index (χ1v) is 9.69. The highest BCUT2D eigenvalue weighted by atomic mass is 35.5. The predicted octanol–water partition coefficient (Wildman–Crippen LogP) is 2.75. The molecule has 4 rings (SSSR count). The first kappa shape index (κ1) is 18.8. The molecule has 0 fully saturated rings. The summed E-state index contributed by atoms with van der Waals surface area (Å²) in [6.07, 6.45) is 1.64. The highest BCUT2D eigenvalue weighted by Gasteiger charge is 2.32. The Morgan fingerprint density at radius 1 is 1.15 bits per heavy atom. The highest BCUT2D eigenvalue weighted by Crippen LogP contribution is 2.39. The molecule has 2 heterocycles. The standard InChI is InChI=1S/C18H20N2O4S.ClH/c1-12-7-16-17(24-11-23-16)9-18(12)25(21,22)20-6-2-3-14-8-13(10-19)4-5-15(14)20;/h4-5,7-9H,2-3,6,10-11,19H2,1H3;1H. The minimum absolute atomic E-state index is 0. The van der Waals surface area contributed by atoms with Crippen LogP contribution in [0.2, 0.25) is 0 Å². The van der Waals surface area contributed by atoms with E-state index >= 15 is 0 Å². The van der Waals surface area contributed by atoms with Crippen molar-refractivity contribution in [2.75, 3.05) is 17.6 Å². The SMILES string of the molecule is Cc1cc2c(cc1S(=O)(=O)N1CCCc3cc(CN)ccc31)OCO2.Cl. The maximum absolute atomic E-state index is 13.3. The molecule has 2 aliphatic heterocycles. The van der Waals surface area contributed by atoms with Crippen molar-refractivity contribution in [3.05, 3.63) is 47.0 Å². The Hall–Kier alpha value is -1.96. The normalized spacial score (nSPS) is 15.4. The predicted molar refractivity (Wildman–Crippen MR) is 102 cm³/mol. The number of nitrogens with two attached hydrogens (primary N) is 1. The fourth-order valence-electron chi connectivity index (χ4n) is 3.41. The van der Waals surface area contributed by atoms with E-state index < -0.39 is 10.0 Å². The van der Waals surface area contributed by atoms with Gasteiger partial charge in [-0.25, -0.2) is 8.42 Å². The summed E-state index contributed by atoms with van der Waals surface area (Å²) in [5.41, 5.74) is 9.13. The third kappa shape index (κ3) is 3.00. The molecular weight excluding hydrogens is 376 g/mol. The van der Waals surface area contributed by atoms with E-state index in [0.29, 0.717) is 30.2 Å². The lowest BCUT2D eigenvalue weighted by atomic mass is 10.0. The van der Waals surface area contributed by atoms with Crippen LogP contribution in [0.3, 0.4) is 0 Å². The van der Waals surface area contributed by atoms with Crippen LogP contribution in [0.1, 0.15) is 23.1 Å². The number of anilines is 1. The zero-order chi connectivity index (χ0) is 17.6. The third-order valence-corrected chi connectivity index (χ3v) is 6.65. The lowest BCUT2D eigenvalue weighted by molar-refractivity contribution is 0.174. The second-order valence-electron chi connectivity index (χ2n) is 6.32. The van der Waals surface area contributed by atoms with Crippen LogP contribution in [-0.4, -0.2) is 21.8 Å². The van der Waals surface area contributed by atoms with Gasteiger partial charge in [-0.15, -0.1) is 12.4 Å². The minimum Gasteiger partial charge on any atom is -0.454 e. The molecule has 0 saturated heterocycles. The van der Waals surface area contributed by atoms with Crippen molar-refractivity contribution >= 4 is 28.1 Å². The highest BCUT2D eigenvalue weighted by molar-refractivity contribution is 7.92. The van der Waals surface area contributed by atoms with Crippen molar-refractivity contribution in [1.29, 1.82) is 0 Å². The van der Waals surface area contributed by atoms with Gasteiger partial charge in [-0.05, 0) is 48.6 Å². The van der Waals surface area contributed by atoms with E-state index in [0.717, 1.165) is 29.7 Å². The lowest BCUT2D eigenvalue weighted by Crippen LogP contribution is -2.36. The van der Waals surface area contributed by atoms with Gasteiger partial charge in [0.1, 0.15) is 0 Å². The second-order valence-corrected chi connectivity index (χ2v) is 8.15. The summed E-state index contributed by atoms with van der Waals surface area (Å²) in [6.45, 7) is 2.80. The minimum atomic E-state index is -3.68. The number of ether oxygens (including phenoxy) is 2. The first-order chi connectivity index (χ1) is 12.0. The number of sulfonamides is 1. The molecule has 0 bridgehead atoms. The summed E-state index contributed by atoms with van der Waals surface area (Å²) in [5.74, 6) is 1.06. The number of hydrogen-bond acceptors (Lipinski definition) is 5. The van der Waals surface area contributed by atoms with Gasteiger partial charge in [-0.2, -0.15) is 0 Å². The number of rotatable bonds is 3. The molecule has 0 unspecified atom stereocenters. The summed E-state index contributed by atoms with van der Waals surface area (Å²) >= 11 is 0. The molecule has 0 amide bonds. The summed E-state index contributed by atoms with van der Waals surface area (Å²) in [4.78, 5) is 0.257. The van der Waals surface area contributed by atoms with Crippen molar-refractivity contribution in [2.24, 2.45) is 5.73 Å². The molecule has 2 aliphatic rings. The molecule has 140 valence electrons. The Labute approximate surface area is 159 Å². The molecule has 2 N–H and O–H groups in total. The molecule has 2 aromatic carbocycles. The molecule has 0 saturated carbocycles. The summed E-state index contributed by atoms with van der Waals surface area (Å²) < 4.78 is 38.8. The molecule has 0 radical (unpaired) electrons. The van der Waals surface area contributed by atoms with Gasteiger partial charge in [0.15, 0.2) is 11.5 Å². The maximum atomic E-state index is 13.3. The monoisotopic (exact) mass is 396 g/mol. The van der Waals surface area contributed by atoms with Gasteiger partial charge in [0, 0.05) is 19.2 Å². The fourth-order valence-corrected chi connectivity index (χ4v) is 5.18. The van der Waals surface area contributed by atoms with Gasteiger partial charge in [-0.3, -0.25) is 4.31 Å². The Kier molecular flexibility index (Phi) is 5.05. The van der Waals surface area contributed by atoms with E-state index in [-0.39, 0.29) is 24.1 Å². The van der Waals surface area contributed by atoms with E-state index in [2.05, 4.69) is 0 Å². The largest absolute Gasteiger partial charge is 0.454 e. The van der Waals surface area contributed by atoms with Gasteiger partial charge in [-0.1, -0.05) is 12.1 Å². The van der Waals surface area contributed by atoms with Crippen LogP contribution in [0.25, 0.3) is 0 Å². The summed E-state index contributed by atoms with van der Waals surface area (Å²) in [7, 11) is -3.68. The average Bonchev–Trinajstić information content (AvgIpc) is 3.07. The number of fused-ring (bicyclic) bond motifs is 2. The topological polar surface area (TPSA) is 81.9 Å². The van der Waals surface area contributed by atoms with Crippen molar-refractivity contribution in [3.8, 4) is 11.5 Å². The van der Waals surface area contributed by atoms with Crippen molar-refractivity contribution in [2.45, 2.75) is 31.2 Å². The quantitative estimate of drug-likeness (QED) is 0.862. The molecule has 0 aliphatic carbocycles. The Morgan fingerprint density at radius 3 is 2.62 bits per heavy atom. The lowest BCUT2D eigenvalue weighted by Gasteiger charge is -2.31. The van der Waals surface area contributed by atoms with Gasteiger partial charge < -0.3 is 15.2 Å². The Bertz CT molecular complexity index is 946. The van der Waals surface area contributed by atoms with Crippen LogP contribution in [0.15, 0.2) is 35.2 Å².